The first kappa shape index (κ1) is 17.7. The molecular weight excluding hydrogens is 392 g/mol. The van der Waals surface area contributed by atoms with Crippen molar-refractivity contribution < 1.29 is 4.52 Å². The van der Waals surface area contributed by atoms with Crippen LogP contribution in [0.25, 0.3) is 21.9 Å². The van der Waals surface area contributed by atoms with Crippen LogP contribution in [0.3, 0.4) is 0 Å². The monoisotopic (exact) mass is 406 g/mol. The van der Waals surface area contributed by atoms with Crippen LogP contribution in [0.4, 0.5) is 0 Å². The van der Waals surface area contributed by atoms with Crippen molar-refractivity contribution in [3.8, 4) is 10.7 Å². The summed E-state index contributed by atoms with van der Waals surface area (Å²) >= 11 is 7.75. The number of nitrogens with zero attached hydrogens (tertiary/aromatic N) is 6. The fourth-order valence-corrected chi connectivity index (χ4v) is 3.77. The first-order valence-corrected chi connectivity index (χ1v) is 9.41. The Bertz CT molecular complexity index is 1230. The van der Waals surface area contributed by atoms with Gasteiger partial charge in [-0.25, -0.2) is 4.79 Å². The molecule has 0 aliphatic heterocycles. The maximum Gasteiger partial charge on any atom is 0.332 e. The van der Waals surface area contributed by atoms with E-state index in [1.807, 2.05) is 17.5 Å². The van der Waals surface area contributed by atoms with Gasteiger partial charge < -0.3 is 9.09 Å². The Morgan fingerprint density at radius 2 is 2.04 bits per heavy atom. The number of fused-ring (bicyclic) bond motifs is 1. The molecule has 4 aromatic heterocycles. The van der Waals surface area contributed by atoms with Crippen molar-refractivity contribution in [2.45, 2.75) is 19.4 Å². The third kappa shape index (κ3) is 3.00. The molecule has 0 bridgehead atoms. The average Bonchev–Trinajstić information content (AvgIpc) is 3.38. The lowest BCUT2D eigenvalue weighted by molar-refractivity contribution is 0.373. The van der Waals surface area contributed by atoms with Crippen molar-refractivity contribution in [2.75, 3.05) is 0 Å². The summed E-state index contributed by atoms with van der Waals surface area (Å²) in [6, 6.07) is 3.85. The molecule has 0 unspecified atom stereocenters. The summed E-state index contributed by atoms with van der Waals surface area (Å²) in [5.41, 5.74) is -0.300. The average molecular weight is 407 g/mol. The Morgan fingerprint density at radius 1 is 1.22 bits per heavy atom. The predicted molar refractivity (Wildman–Crippen MR) is 101 cm³/mol. The minimum absolute atomic E-state index is 0.160. The van der Waals surface area contributed by atoms with Crippen molar-refractivity contribution in [1.82, 2.24) is 28.8 Å². The summed E-state index contributed by atoms with van der Waals surface area (Å²) in [5, 5.41) is 6.09. The molecule has 11 heteroatoms. The number of hydrogen-bond donors (Lipinski definition) is 0. The molecule has 0 aliphatic carbocycles. The number of aryl methyl sites for hydroxylation is 3. The second-order valence-corrected chi connectivity index (χ2v) is 7.29. The van der Waals surface area contributed by atoms with E-state index in [1.54, 1.807) is 23.0 Å². The summed E-state index contributed by atoms with van der Waals surface area (Å²) in [7, 11) is 2.99. The molecule has 4 aromatic rings. The minimum atomic E-state index is -0.444. The number of imidazole rings is 1. The third-order valence-electron chi connectivity index (χ3n) is 4.28. The Morgan fingerprint density at radius 3 is 2.78 bits per heavy atom. The smallest absolute Gasteiger partial charge is 0.332 e. The quantitative estimate of drug-likeness (QED) is 0.469. The van der Waals surface area contributed by atoms with Gasteiger partial charge in [0.05, 0.1) is 4.88 Å². The van der Waals surface area contributed by atoms with Crippen molar-refractivity contribution >= 4 is 34.1 Å². The number of rotatable bonds is 5. The van der Waals surface area contributed by atoms with E-state index in [0.29, 0.717) is 36.6 Å². The Kier molecular flexibility index (Phi) is 4.44. The molecule has 0 aliphatic rings. The van der Waals surface area contributed by atoms with E-state index >= 15 is 0 Å². The fraction of sp³-hybridized carbons (Fsp3) is 0.312. The van der Waals surface area contributed by atoms with Gasteiger partial charge in [0.15, 0.2) is 11.2 Å². The molecule has 0 N–H and O–H groups in total. The van der Waals surface area contributed by atoms with E-state index in [4.69, 9.17) is 16.1 Å². The molecule has 0 saturated heterocycles. The molecule has 0 aromatic carbocycles. The highest BCUT2D eigenvalue weighted by Gasteiger charge is 2.18. The van der Waals surface area contributed by atoms with Gasteiger partial charge in [-0.2, -0.15) is 9.97 Å². The van der Waals surface area contributed by atoms with E-state index < -0.39 is 11.2 Å². The van der Waals surface area contributed by atoms with Gasteiger partial charge in [0.25, 0.3) is 5.56 Å². The van der Waals surface area contributed by atoms with Crippen LogP contribution in [-0.2, 0) is 27.1 Å². The Balaban J connectivity index is 1.57. The summed E-state index contributed by atoms with van der Waals surface area (Å²) in [5.74, 6) is 1.08. The predicted octanol–water partition coefficient (Wildman–Crippen LogP) is 1.83. The molecule has 9 nitrogen and oxygen atoms in total. The van der Waals surface area contributed by atoms with Crippen molar-refractivity contribution in [3.05, 3.63) is 49.5 Å². The summed E-state index contributed by atoms with van der Waals surface area (Å²) in [4.78, 5) is 34.0. The molecule has 140 valence electrons. The van der Waals surface area contributed by atoms with Crippen LogP contribution < -0.4 is 11.2 Å². The van der Waals surface area contributed by atoms with Crippen LogP contribution in [0, 0.1) is 0 Å². The van der Waals surface area contributed by atoms with E-state index in [0.717, 1.165) is 9.44 Å². The Hall–Kier alpha value is -2.72. The zero-order chi connectivity index (χ0) is 19.1. The SMILES string of the molecule is Cn1c(=O)c2c(nc(Cl)n2CCCc2nc(-c3cccs3)no2)n(C)c1=O. The number of hydrogen-bond acceptors (Lipinski definition) is 7. The zero-order valence-electron chi connectivity index (χ0n) is 14.5. The van der Waals surface area contributed by atoms with Crippen molar-refractivity contribution in [3.63, 3.8) is 0 Å². The zero-order valence-corrected chi connectivity index (χ0v) is 16.1. The highest BCUT2D eigenvalue weighted by molar-refractivity contribution is 7.13. The number of halogens is 1. The lowest BCUT2D eigenvalue weighted by Crippen LogP contribution is -2.37. The molecule has 0 atom stereocenters. The number of aromatic nitrogens is 6. The Labute approximate surface area is 161 Å². The van der Waals surface area contributed by atoms with Crippen LogP contribution in [0.1, 0.15) is 12.3 Å². The minimum Gasteiger partial charge on any atom is -0.339 e. The topological polar surface area (TPSA) is 101 Å². The molecule has 4 rings (SSSR count). The van der Waals surface area contributed by atoms with E-state index in [2.05, 4.69) is 15.1 Å². The van der Waals surface area contributed by atoms with Gasteiger partial charge in [0.1, 0.15) is 0 Å². The molecule has 0 spiro atoms. The second kappa shape index (κ2) is 6.78. The largest absolute Gasteiger partial charge is 0.339 e. The van der Waals surface area contributed by atoms with Crippen molar-refractivity contribution in [2.24, 2.45) is 14.1 Å². The van der Waals surface area contributed by atoms with Gasteiger partial charge in [0, 0.05) is 27.1 Å². The molecular formula is C16H15ClN6O3S. The van der Waals surface area contributed by atoms with Crippen LogP contribution in [0.5, 0.6) is 0 Å². The lowest BCUT2D eigenvalue weighted by atomic mass is 10.3. The van der Waals surface area contributed by atoms with E-state index in [1.165, 1.54) is 11.6 Å². The highest BCUT2D eigenvalue weighted by Crippen LogP contribution is 2.22. The summed E-state index contributed by atoms with van der Waals surface area (Å²) < 4.78 is 9.24. The fourth-order valence-electron chi connectivity index (χ4n) is 2.87. The van der Waals surface area contributed by atoms with Gasteiger partial charge in [-0.05, 0) is 29.5 Å². The third-order valence-corrected chi connectivity index (χ3v) is 5.44. The maximum absolute atomic E-state index is 12.5. The highest BCUT2D eigenvalue weighted by atomic mass is 35.5. The normalized spacial score (nSPS) is 11.5. The summed E-state index contributed by atoms with van der Waals surface area (Å²) in [6.07, 6.45) is 1.14. The standard InChI is InChI=1S/C16H15ClN6O3S/c1-21-13-11(14(24)22(2)16(21)25)23(15(17)19-13)7-3-6-10-18-12(20-26-10)9-5-4-8-27-9/h4-5,8H,3,6-7H2,1-2H3. The van der Waals surface area contributed by atoms with Crippen molar-refractivity contribution in [1.29, 1.82) is 0 Å². The molecule has 4 heterocycles. The first-order valence-electron chi connectivity index (χ1n) is 8.15. The summed E-state index contributed by atoms with van der Waals surface area (Å²) in [6.45, 7) is 0.430. The molecule has 0 saturated carbocycles. The number of thiophene rings is 1. The van der Waals surface area contributed by atoms with Gasteiger partial charge in [0.2, 0.25) is 17.0 Å². The van der Waals surface area contributed by atoms with Crippen LogP contribution in [0.15, 0.2) is 31.6 Å². The molecule has 0 fully saturated rings. The van der Waals surface area contributed by atoms with Crippen LogP contribution >= 0.6 is 22.9 Å². The van der Waals surface area contributed by atoms with Gasteiger partial charge in [-0.3, -0.25) is 13.9 Å². The second-order valence-electron chi connectivity index (χ2n) is 6.00. The van der Waals surface area contributed by atoms with E-state index in [9.17, 15) is 9.59 Å². The van der Waals surface area contributed by atoms with Crippen LogP contribution in [-0.4, -0.2) is 28.8 Å². The van der Waals surface area contributed by atoms with Gasteiger partial charge in [-0.15, -0.1) is 11.3 Å². The first-order chi connectivity index (χ1) is 13.0. The van der Waals surface area contributed by atoms with Crippen LogP contribution in [0.2, 0.25) is 5.28 Å². The van der Waals surface area contributed by atoms with Gasteiger partial charge in [-0.1, -0.05) is 11.2 Å². The molecule has 27 heavy (non-hydrogen) atoms. The molecule has 0 amide bonds. The molecule has 0 radical (unpaired) electrons. The van der Waals surface area contributed by atoms with Gasteiger partial charge >= 0.3 is 5.69 Å². The maximum atomic E-state index is 12.5. The van der Waals surface area contributed by atoms with E-state index in [-0.39, 0.29) is 10.9 Å². The lowest BCUT2D eigenvalue weighted by Gasteiger charge is -2.06.